The lowest BCUT2D eigenvalue weighted by atomic mass is 10.1. The largest absolute Gasteiger partial charge is 0.493 e. The Hall–Kier alpha value is -3.29. The van der Waals surface area contributed by atoms with Gasteiger partial charge in [0.05, 0.1) is 18.0 Å². The summed E-state index contributed by atoms with van der Waals surface area (Å²) >= 11 is 0. The average Bonchev–Trinajstić information content (AvgIpc) is 2.77. The van der Waals surface area contributed by atoms with Gasteiger partial charge in [0.2, 0.25) is 0 Å². The summed E-state index contributed by atoms with van der Waals surface area (Å²) < 4.78 is 11.2. The number of rotatable bonds is 6. The van der Waals surface area contributed by atoms with Gasteiger partial charge in [0.25, 0.3) is 0 Å². The molecule has 0 spiro atoms. The van der Waals surface area contributed by atoms with Gasteiger partial charge in [-0.15, -0.1) is 0 Å². The monoisotopic (exact) mass is 455 g/mol. The van der Waals surface area contributed by atoms with Crippen LogP contribution >= 0.6 is 0 Å². The molecule has 1 aliphatic rings. The van der Waals surface area contributed by atoms with Crippen LogP contribution in [-0.4, -0.2) is 64.9 Å². The standard InChI is InChI=1S/C25H33N3O5/c1-6-17-16-27(24(31)33-25(3,4)5)14-15-28(17)20-13-12-19(26-22(20)23(29)30)18-10-8-9-11-21(18)32-7-2/h8-13,17H,6-7,14-16H2,1-5H3,(H,29,30)/t17-/m1/s1. The van der Waals surface area contributed by atoms with Gasteiger partial charge in [-0.3, -0.25) is 0 Å². The molecule has 8 nitrogen and oxygen atoms in total. The molecule has 1 aromatic heterocycles. The molecule has 1 N–H and O–H groups in total. The summed E-state index contributed by atoms with van der Waals surface area (Å²) in [6, 6.07) is 11.0. The van der Waals surface area contributed by atoms with Crippen LogP contribution in [0.25, 0.3) is 11.3 Å². The zero-order valence-corrected chi connectivity index (χ0v) is 20.0. The third-order valence-corrected chi connectivity index (χ3v) is 5.45. The molecule has 1 atom stereocenters. The van der Waals surface area contributed by atoms with E-state index in [0.717, 1.165) is 12.0 Å². The van der Waals surface area contributed by atoms with Gasteiger partial charge in [0.15, 0.2) is 5.69 Å². The van der Waals surface area contributed by atoms with E-state index in [1.165, 1.54) is 0 Å². The number of benzene rings is 1. The zero-order valence-electron chi connectivity index (χ0n) is 20.0. The smallest absolute Gasteiger partial charge is 0.410 e. The Balaban J connectivity index is 1.90. The number of ether oxygens (including phenoxy) is 2. The van der Waals surface area contributed by atoms with Gasteiger partial charge in [-0.1, -0.05) is 19.1 Å². The molecule has 0 saturated carbocycles. The number of aromatic carboxylic acids is 1. The lowest BCUT2D eigenvalue weighted by molar-refractivity contribution is 0.0212. The van der Waals surface area contributed by atoms with Gasteiger partial charge < -0.3 is 24.4 Å². The summed E-state index contributed by atoms with van der Waals surface area (Å²) in [6.45, 7) is 11.3. The van der Waals surface area contributed by atoms with Gasteiger partial charge in [-0.2, -0.15) is 0 Å². The number of pyridine rings is 1. The molecule has 33 heavy (non-hydrogen) atoms. The second-order valence-corrected chi connectivity index (χ2v) is 8.98. The number of carbonyl (C=O) groups excluding carboxylic acids is 1. The third kappa shape index (κ3) is 5.74. The van der Waals surface area contributed by atoms with Crippen molar-refractivity contribution in [2.24, 2.45) is 0 Å². The molecular weight excluding hydrogens is 422 g/mol. The van der Waals surface area contributed by atoms with E-state index in [1.807, 2.05) is 69.9 Å². The SMILES string of the molecule is CCOc1ccccc1-c1ccc(N2CCN(C(=O)OC(C)(C)C)C[C@H]2CC)c(C(=O)O)n1. The summed E-state index contributed by atoms with van der Waals surface area (Å²) in [6.07, 6.45) is 0.396. The van der Waals surface area contributed by atoms with Gasteiger partial charge in [0, 0.05) is 31.2 Å². The fraction of sp³-hybridized carbons (Fsp3) is 0.480. The van der Waals surface area contributed by atoms with Gasteiger partial charge in [-0.05, 0) is 58.4 Å². The first-order valence-corrected chi connectivity index (χ1v) is 11.4. The second-order valence-electron chi connectivity index (χ2n) is 8.98. The van der Waals surface area contributed by atoms with E-state index in [1.54, 1.807) is 11.0 Å². The second kappa shape index (κ2) is 10.1. The fourth-order valence-corrected chi connectivity index (χ4v) is 3.96. The predicted molar refractivity (Wildman–Crippen MR) is 127 cm³/mol. The van der Waals surface area contributed by atoms with Crippen molar-refractivity contribution in [2.75, 3.05) is 31.1 Å². The molecule has 3 rings (SSSR count). The van der Waals surface area contributed by atoms with Crippen LogP contribution in [0.1, 0.15) is 51.5 Å². The van der Waals surface area contributed by atoms with E-state index in [-0.39, 0.29) is 17.8 Å². The molecule has 1 amide bonds. The number of carbonyl (C=O) groups is 2. The number of piperazine rings is 1. The molecule has 2 heterocycles. The van der Waals surface area contributed by atoms with Crippen molar-refractivity contribution >= 4 is 17.7 Å². The van der Waals surface area contributed by atoms with Crippen molar-refractivity contribution in [3.8, 4) is 17.0 Å². The highest BCUT2D eigenvalue weighted by molar-refractivity contribution is 5.93. The molecule has 8 heteroatoms. The number of para-hydroxylation sites is 1. The predicted octanol–water partition coefficient (Wildman–Crippen LogP) is 4.68. The highest BCUT2D eigenvalue weighted by Gasteiger charge is 2.33. The molecule has 0 unspecified atom stereocenters. The van der Waals surface area contributed by atoms with Crippen molar-refractivity contribution in [2.45, 2.75) is 52.7 Å². The number of hydrogen-bond donors (Lipinski definition) is 1. The number of carboxylic acids is 1. The Morgan fingerprint density at radius 3 is 2.48 bits per heavy atom. The van der Waals surface area contributed by atoms with E-state index < -0.39 is 11.6 Å². The first-order valence-electron chi connectivity index (χ1n) is 11.4. The van der Waals surface area contributed by atoms with Crippen LogP contribution in [0.4, 0.5) is 10.5 Å². The summed E-state index contributed by atoms with van der Waals surface area (Å²) in [7, 11) is 0. The normalized spacial score (nSPS) is 16.5. The minimum Gasteiger partial charge on any atom is -0.493 e. The van der Waals surface area contributed by atoms with E-state index in [4.69, 9.17) is 9.47 Å². The topological polar surface area (TPSA) is 92.2 Å². The molecule has 178 valence electrons. The Kier molecular flexibility index (Phi) is 7.46. The molecule has 2 aromatic rings. The highest BCUT2D eigenvalue weighted by atomic mass is 16.6. The average molecular weight is 456 g/mol. The third-order valence-electron chi connectivity index (χ3n) is 5.45. The maximum atomic E-state index is 12.5. The van der Waals surface area contributed by atoms with E-state index in [0.29, 0.717) is 43.4 Å². The summed E-state index contributed by atoms with van der Waals surface area (Å²) in [4.78, 5) is 33.0. The molecule has 0 radical (unpaired) electrons. The Bertz CT molecular complexity index is 1000. The van der Waals surface area contributed by atoms with Crippen molar-refractivity contribution in [1.82, 2.24) is 9.88 Å². The van der Waals surface area contributed by atoms with Crippen LogP contribution in [0.15, 0.2) is 36.4 Å². The first-order chi connectivity index (χ1) is 15.6. The highest BCUT2D eigenvalue weighted by Crippen LogP contribution is 2.32. The number of hydrogen-bond acceptors (Lipinski definition) is 6. The van der Waals surface area contributed by atoms with Crippen molar-refractivity contribution in [1.29, 1.82) is 0 Å². The summed E-state index contributed by atoms with van der Waals surface area (Å²) in [5.74, 6) is -0.431. The number of carboxylic acid groups (broad SMARTS) is 1. The molecule has 0 bridgehead atoms. The maximum Gasteiger partial charge on any atom is 0.410 e. The van der Waals surface area contributed by atoms with Crippen LogP contribution in [0.2, 0.25) is 0 Å². The van der Waals surface area contributed by atoms with E-state index >= 15 is 0 Å². The van der Waals surface area contributed by atoms with Crippen molar-refractivity contribution < 1.29 is 24.2 Å². The summed E-state index contributed by atoms with van der Waals surface area (Å²) in [5, 5.41) is 9.96. The Labute approximate surface area is 195 Å². The minimum atomic E-state index is -1.09. The summed E-state index contributed by atoms with van der Waals surface area (Å²) in [5.41, 5.74) is 1.26. The van der Waals surface area contributed by atoms with Crippen LogP contribution in [0.3, 0.4) is 0 Å². The minimum absolute atomic E-state index is 0.0111. The molecule has 0 aliphatic carbocycles. The lowest BCUT2D eigenvalue weighted by Gasteiger charge is -2.42. The van der Waals surface area contributed by atoms with Crippen LogP contribution < -0.4 is 9.64 Å². The molecule has 1 saturated heterocycles. The first kappa shape index (κ1) is 24.4. The van der Waals surface area contributed by atoms with E-state index in [2.05, 4.69) is 4.98 Å². The molecule has 1 aliphatic heterocycles. The Morgan fingerprint density at radius 1 is 1.12 bits per heavy atom. The number of anilines is 1. The molecular formula is C25H33N3O5. The quantitative estimate of drug-likeness (QED) is 0.676. The van der Waals surface area contributed by atoms with Crippen molar-refractivity contribution in [3.63, 3.8) is 0 Å². The van der Waals surface area contributed by atoms with Gasteiger partial charge >= 0.3 is 12.1 Å². The number of aromatic nitrogens is 1. The zero-order chi connectivity index (χ0) is 24.2. The van der Waals surface area contributed by atoms with Crippen molar-refractivity contribution in [3.05, 3.63) is 42.1 Å². The van der Waals surface area contributed by atoms with Crippen LogP contribution in [-0.2, 0) is 4.74 Å². The Morgan fingerprint density at radius 2 is 1.85 bits per heavy atom. The number of amides is 1. The van der Waals surface area contributed by atoms with Gasteiger partial charge in [0.1, 0.15) is 11.4 Å². The van der Waals surface area contributed by atoms with Gasteiger partial charge in [-0.25, -0.2) is 14.6 Å². The number of nitrogens with zero attached hydrogens (tertiary/aromatic N) is 3. The van der Waals surface area contributed by atoms with Crippen LogP contribution in [0, 0.1) is 0 Å². The van der Waals surface area contributed by atoms with E-state index in [9.17, 15) is 14.7 Å². The molecule has 1 aromatic carbocycles. The lowest BCUT2D eigenvalue weighted by Crippen LogP contribution is -2.55. The fourth-order valence-electron chi connectivity index (χ4n) is 3.96. The maximum absolute atomic E-state index is 12.5. The molecule has 1 fully saturated rings. The van der Waals surface area contributed by atoms with Crippen LogP contribution in [0.5, 0.6) is 5.75 Å².